The third kappa shape index (κ3) is 6.55. The largest absolute Gasteiger partial charge is 0.337 e. The lowest BCUT2D eigenvalue weighted by Gasteiger charge is -2.25. The fraction of sp³-hybridized carbons (Fsp3) is 0.481. The van der Waals surface area contributed by atoms with Gasteiger partial charge in [0.15, 0.2) is 0 Å². The lowest BCUT2D eigenvalue weighted by atomic mass is 9.97. The summed E-state index contributed by atoms with van der Waals surface area (Å²) in [5.74, 6) is -0.444. The molecule has 0 bridgehead atoms. The lowest BCUT2D eigenvalue weighted by molar-refractivity contribution is -0.131. The van der Waals surface area contributed by atoms with E-state index in [1.54, 1.807) is 4.90 Å². The van der Waals surface area contributed by atoms with Crippen LogP contribution in [0.4, 0.5) is 14.7 Å². The highest BCUT2D eigenvalue weighted by molar-refractivity contribution is 7.14. The first-order valence-corrected chi connectivity index (χ1v) is 13.4. The van der Waals surface area contributed by atoms with E-state index < -0.39 is 12.3 Å². The first-order valence-electron chi connectivity index (χ1n) is 12.6. The van der Waals surface area contributed by atoms with Gasteiger partial charge in [-0.1, -0.05) is 26.8 Å². The quantitative estimate of drug-likeness (QED) is 0.381. The molecule has 0 spiro atoms. The number of hydrogen-bond acceptors (Lipinski definition) is 6. The summed E-state index contributed by atoms with van der Waals surface area (Å²) in [6.45, 7) is 8.93. The maximum absolute atomic E-state index is 13.1. The summed E-state index contributed by atoms with van der Waals surface area (Å²) in [5, 5.41) is 15.3. The van der Waals surface area contributed by atoms with Gasteiger partial charge < -0.3 is 14.8 Å². The van der Waals surface area contributed by atoms with E-state index in [0.29, 0.717) is 25.2 Å². The molecular weight excluding hydrogens is 510 g/mol. The Balaban J connectivity index is 1.65. The molecular formula is C27H32F2N6O2S. The van der Waals surface area contributed by atoms with Crippen LogP contribution in [0.25, 0.3) is 11.0 Å². The van der Waals surface area contributed by atoms with Crippen LogP contribution in [0.1, 0.15) is 66.6 Å². The number of hydrogen-bond donors (Lipinski definition) is 2. The van der Waals surface area contributed by atoms with Crippen molar-refractivity contribution in [2.75, 3.05) is 18.4 Å². The number of benzene rings is 1. The van der Waals surface area contributed by atoms with E-state index in [1.165, 1.54) is 12.1 Å². The van der Waals surface area contributed by atoms with Crippen LogP contribution in [-0.4, -0.2) is 45.4 Å². The summed E-state index contributed by atoms with van der Waals surface area (Å²) in [7, 11) is 0. The standard InChI is InChI=1S/C27H32F2N6O2S/c1-27(2,3)16-31-14-17-6-7-19-20(13-17)35(15-18-5-4-12-34(18)23(36)10-11-30)26(32-19)33-25(37)22-9-8-21(38-22)24(28)29/h6-9,13,18,24,31H,4-5,10,12,14-16H2,1-3H3,(H,32,33,37)/t18-/m1/s1. The zero-order valence-corrected chi connectivity index (χ0v) is 22.6. The van der Waals surface area contributed by atoms with Crippen molar-refractivity contribution in [2.24, 2.45) is 5.41 Å². The molecule has 2 N–H and O–H groups in total. The van der Waals surface area contributed by atoms with E-state index in [-0.39, 0.29) is 39.5 Å². The molecule has 3 heterocycles. The molecule has 1 aromatic carbocycles. The second-order valence-corrected chi connectivity index (χ2v) is 11.8. The first-order chi connectivity index (χ1) is 18.1. The molecule has 4 rings (SSSR count). The van der Waals surface area contributed by atoms with Gasteiger partial charge in [0.1, 0.15) is 6.42 Å². The predicted octanol–water partition coefficient (Wildman–Crippen LogP) is 5.33. The van der Waals surface area contributed by atoms with Crippen LogP contribution in [0.2, 0.25) is 0 Å². The molecule has 8 nitrogen and oxygen atoms in total. The van der Waals surface area contributed by atoms with Gasteiger partial charge in [0.25, 0.3) is 12.3 Å². The summed E-state index contributed by atoms with van der Waals surface area (Å²) in [4.78, 5) is 31.9. The van der Waals surface area contributed by atoms with Crippen LogP contribution in [-0.2, 0) is 17.9 Å². The van der Waals surface area contributed by atoms with Crippen LogP contribution in [0.5, 0.6) is 0 Å². The number of nitrogens with zero attached hydrogens (tertiary/aromatic N) is 4. The molecule has 1 aliphatic rings. The molecule has 202 valence electrons. The van der Waals surface area contributed by atoms with Gasteiger partial charge in [-0.25, -0.2) is 13.8 Å². The monoisotopic (exact) mass is 542 g/mol. The maximum Gasteiger partial charge on any atom is 0.272 e. The number of aromatic nitrogens is 2. The molecule has 0 aliphatic carbocycles. The van der Waals surface area contributed by atoms with Gasteiger partial charge in [-0.15, -0.1) is 11.3 Å². The highest BCUT2D eigenvalue weighted by Gasteiger charge is 2.30. The van der Waals surface area contributed by atoms with Gasteiger partial charge >= 0.3 is 0 Å². The molecule has 1 saturated heterocycles. The molecule has 1 aliphatic heterocycles. The number of likely N-dealkylation sites (tertiary alicyclic amines) is 1. The third-order valence-corrected chi connectivity index (χ3v) is 7.50. The number of nitriles is 1. The highest BCUT2D eigenvalue weighted by atomic mass is 32.1. The number of halogens is 2. The minimum absolute atomic E-state index is 0.136. The molecule has 1 atom stereocenters. The third-order valence-electron chi connectivity index (χ3n) is 6.41. The van der Waals surface area contributed by atoms with Crippen LogP contribution in [0, 0.1) is 16.7 Å². The minimum Gasteiger partial charge on any atom is -0.337 e. The Bertz CT molecular complexity index is 1350. The number of alkyl halides is 2. The molecule has 3 aromatic rings. The van der Waals surface area contributed by atoms with Crippen molar-refractivity contribution in [1.82, 2.24) is 19.8 Å². The van der Waals surface area contributed by atoms with Crippen molar-refractivity contribution in [3.8, 4) is 6.07 Å². The molecule has 2 amide bonds. The van der Waals surface area contributed by atoms with Crippen molar-refractivity contribution >= 4 is 40.1 Å². The van der Waals surface area contributed by atoms with Gasteiger partial charge in [-0.05, 0) is 48.1 Å². The van der Waals surface area contributed by atoms with Crippen molar-refractivity contribution in [2.45, 2.75) is 65.6 Å². The average molecular weight is 543 g/mol. The summed E-state index contributed by atoms with van der Waals surface area (Å²) < 4.78 is 28.0. The Morgan fingerprint density at radius 2 is 2.05 bits per heavy atom. The van der Waals surface area contributed by atoms with Crippen LogP contribution in [0.15, 0.2) is 30.3 Å². The van der Waals surface area contributed by atoms with E-state index in [9.17, 15) is 18.4 Å². The Hall–Kier alpha value is -3.36. The van der Waals surface area contributed by atoms with Gasteiger partial charge in [0.05, 0.1) is 26.9 Å². The highest BCUT2D eigenvalue weighted by Crippen LogP contribution is 2.29. The minimum atomic E-state index is -2.64. The molecule has 0 radical (unpaired) electrons. The van der Waals surface area contributed by atoms with Crippen molar-refractivity contribution in [3.63, 3.8) is 0 Å². The summed E-state index contributed by atoms with van der Waals surface area (Å²) >= 11 is 0.746. The normalized spacial score (nSPS) is 15.8. The Kier molecular flexibility index (Phi) is 8.43. The number of carbonyl (C=O) groups excluding carboxylic acids is 2. The van der Waals surface area contributed by atoms with E-state index in [0.717, 1.165) is 41.8 Å². The van der Waals surface area contributed by atoms with E-state index >= 15 is 0 Å². The number of nitrogens with one attached hydrogen (secondary N) is 2. The van der Waals surface area contributed by atoms with Gasteiger partial charge in [-0.2, -0.15) is 5.26 Å². The molecule has 11 heteroatoms. The number of rotatable bonds is 9. The van der Waals surface area contributed by atoms with Crippen molar-refractivity contribution in [3.05, 3.63) is 45.6 Å². The molecule has 2 aromatic heterocycles. The van der Waals surface area contributed by atoms with E-state index in [1.807, 2.05) is 28.8 Å². The number of imidazole rings is 1. The smallest absolute Gasteiger partial charge is 0.272 e. The number of thiophene rings is 1. The van der Waals surface area contributed by atoms with Gasteiger partial charge in [-0.3, -0.25) is 14.9 Å². The zero-order valence-electron chi connectivity index (χ0n) is 21.8. The topological polar surface area (TPSA) is 103 Å². The SMILES string of the molecule is CC(C)(C)CNCc1ccc2nc(NC(=O)c3ccc(C(F)F)s3)n(C[C@H]3CCCN3C(=O)CC#N)c2c1. The summed E-state index contributed by atoms with van der Waals surface area (Å²) in [5.41, 5.74) is 2.66. The van der Waals surface area contributed by atoms with Crippen molar-refractivity contribution in [1.29, 1.82) is 5.26 Å². The molecule has 0 unspecified atom stereocenters. The molecule has 1 fully saturated rings. The van der Waals surface area contributed by atoms with Crippen LogP contribution >= 0.6 is 11.3 Å². The second kappa shape index (κ2) is 11.6. The van der Waals surface area contributed by atoms with Crippen molar-refractivity contribution < 1.29 is 18.4 Å². The average Bonchev–Trinajstić information content (AvgIpc) is 3.58. The maximum atomic E-state index is 13.1. The first kappa shape index (κ1) is 27.7. The predicted molar refractivity (Wildman–Crippen MR) is 143 cm³/mol. The fourth-order valence-corrected chi connectivity index (χ4v) is 5.39. The molecule has 38 heavy (non-hydrogen) atoms. The summed E-state index contributed by atoms with van der Waals surface area (Å²) in [6.07, 6.45) is -1.24. The Labute approximate surface area is 224 Å². The number of fused-ring (bicyclic) bond motifs is 1. The van der Waals surface area contributed by atoms with Crippen LogP contribution in [0.3, 0.4) is 0 Å². The van der Waals surface area contributed by atoms with Gasteiger partial charge in [0, 0.05) is 32.2 Å². The number of amides is 2. The van der Waals surface area contributed by atoms with Gasteiger partial charge in [0.2, 0.25) is 11.9 Å². The van der Waals surface area contributed by atoms with Crippen LogP contribution < -0.4 is 10.6 Å². The fourth-order valence-electron chi connectivity index (χ4n) is 4.63. The number of carbonyl (C=O) groups is 2. The second-order valence-electron chi connectivity index (χ2n) is 10.7. The zero-order chi connectivity index (χ0) is 27.4. The van der Waals surface area contributed by atoms with E-state index in [4.69, 9.17) is 5.26 Å². The summed E-state index contributed by atoms with van der Waals surface area (Å²) in [6, 6.07) is 10.3. The number of anilines is 1. The molecule has 0 saturated carbocycles. The van der Waals surface area contributed by atoms with E-state index in [2.05, 4.69) is 36.4 Å². The Morgan fingerprint density at radius 3 is 2.74 bits per heavy atom. The Morgan fingerprint density at radius 1 is 1.26 bits per heavy atom. The lowest BCUT2D eigenvalue weighted by Crippen LogP contribution is -2.38.